The van der Waals surface area contributed by atoms with E-state index in [0.717, 1.165) is 49.4 Å². The van der Waals surface area contributed by atoms with E-state index in [-0.39, 0.29) is 5.91 Å². The summed E-state index contributed by atoms with van der Waals surface area (Å²) >= 11 is 0. The molecule has 2 aliphatic rings. The van der Waals surface area contributed by atoms with E-state index in [9.17, 15) is 4.79 Å². The van der Waals surface area contributed by atoms with Gasteiger partial charge in [0.05, 0.1) is 17.6 Å². The number of aryl methyl sites for hydroxylation is 1. The van der Waals surface area contributed by atoms with Crippen molar-refractivity contribution in [2.75, 3.05) is 0 Å². The molecule has 1 saturated carbocycles. The molecule has 1 unspecified atom stereocenters. The van der Waals surface area contributed by atoms with Crippen LogP contribution < -0.4 is 5.32 Å². The Kier molecular flexibility index (Phi) is 4.22. The number of carbonyl (C=O) groups is 1. The molecule has 4 nitrogen and oxygen atoms in total. The summed E-state index contributed by atoms with van der Waals surface area (Å²) in [5.41, 5.74) is 2.59. The lowest BCUT2D eigenvalue weighted by Gasteiger charge is -2.27. The van der Waals surface area contributed by atoms with Crippen LogP contribution >= 0.6 is 0 Å². The molecule has 1 heterocycles. The molecule has 3 rings (SSSR count). The standard InChI is InChI=1S/C17H25N3O/c1-11-3-6-13(7-4-11)19-17(21)16-10-18-15-9-12(2)5-8-14(15)20-16/h10-13H,3-9H2,1-2H3,(H,19,21). The van der Waals surface area contributed by atoms with Crippen LogP contribution in [0.15, 0.2) is 6.20 Å². The number of nitrogens with one attached hydrogen (secondary N) is 1. The van der Waals surface area contributed by atoms with Crippen LogP contribution in [0.2, 0.25) is 0 Å². The summed E-state index contributed by atoms with van der Waals surface area (Å²) in [6.45, 7) is 4.53. The van der Waals surface area contributed by atoms with E-state index in [1.54, 1.807) is 6.20 Å². The Balaban J connectivity index is 1.65. The van der Waals surface area contributed by atoms with Crippen molar-refractivity contribution in [3.05, 3.63) is 23.3 Å². The second-order valence-corrected chi connectivity index (χ2v) is 6.93. The third-order valence-corrected chi connectivity index (χ3v) is 4.93. The van der Waals surface area contributed by atoms with Crippen molar-refractivity contribution in [3.63, 3.8) is 0 Å². The Morgan fingerprint density at radius 2 is 1.86 bits per heavy atom. The minimum atomic E-state index is -0.0523. The molecule has 114 valence electrons. The van der Waals surface area contributed by atoms with Gasteiger partial charge in [-0.2, -0.15) is 0 Å². The summed E-state index contributed by atoms with van der Waals surface area (Å²) < 4.78 is 0. The third kappa shape index (κ3) is 3.42. The quantitative estimate of drug-likeness (QED) is 0.910. The maximum absolute atomic E-state index is 12.3. The largest absolute Gasteiger partial charge is 0.348 e. The van der Waals surface area contributed by atoms with Gasteiger partial charge in [-0.3, -0.25) is 9.78 Å². The Bertz CT molecular complexity index is 521. The predicted molar refractivity (Wildman–Crippen MR) is 82.1 cm³/mol. The van der Waals surface area contributed by atoms with Crippen LogP contribution in [0, 0.1) is 11.8 Å². The van der Waals surface area contributed by atoms with Gasteiger partial charge < -0.3 is 5.32 Å². The van der Waals surface area contributed by atoms with Crippen LogP contribution in [0.1, 0.15) is 67.8 Å². The number of rotatable bonds is 2. The van der Waals surface area contributed by atoms with Gasteiger partial charge in [0.1, 0.15) is 5.69 Å². The lowest BCUT2D eigenvalue weighted by molar-refractivity contribution is 0.0917. The van der Waals surface area contributed by atoms with Gasteiger partial charge in [0.15, 0.2) is 0 Å². The van der Waals surface area contributed by atoms with Crippen LogP contribution in [0.25, 0.3) is 0 Å². The molecule has 21 heavy (non-hydrogen) atoms. The average Bonchev–Trinajstić information content (AvgIpc) is 2.49. The smallest absolute Gasteiger partial charge is 0.271 e. The fourth-order valence-corrected chi connectivity index (χ4v) is 3.41. The molecule has 1 amide bonds. The number of nitrogens with zero attached hydrogens (tertiary/aromatic N) is 2. The van der Waals surface area contributed by atoms with Crippen molar-refractivity contribution >= 4 is 5.91 Å². The van der Waals surface area contributed by atoms with Gasteiger partial charge >= 0.3 is 0 Å². The average molecular weight is 287 g/mol. The van der Waals surface area contributed by atoms with Gasteiger partial charge in [-0.15, -0.1) is 0 Å². The molecule has 1 atom stereocenters. The minimum absolute atomic E-state index is 0.0523. The summed E-state index contributed by atoms with van der Waals surface area (Å²) in [4.78, 5) is 21.4. The van der Waals surface area contributed by atoms with E-state index in [0.29, 0.717) is 17.7 Å². The topological polar surface area (TPSA) is 54.9 Å². The highest BCUT2D eigenvalue weighted by atomic mass is 16.1. The summed E-state index contributed by atoms with van der Waals surface area (Å²) in [6, 6.07) is 0.312. The highest BCUT2D eigenvalue weighted by Crippen LogP contribution is 2.24. The zero-order valence-corrected chi connectivity index (χ0v) is 13.1. The van der Waals surface area contributed by atoms with Crippen molar-refractivity contribution in [2.24, 2.45) is 11.8 Å². The molecule has 0 aromatic carbocycles. The molecule has 0 spiro atoms. The first-order valence-corrected chi connectivity index (χ1v) is 8.27. The van der Waals surface area contributed by atoms with E-state index in [1.807, 2.05) is 0 Å². The highest BCUT2D eigenvalue weighted by Gasteiger charge is 2.23. The Hall–Kier alpha value is -1.45. The molecular formula is C17H25N3O. The van der Waals surface area contributed by atoms with Gasteiger partial charge in [-0.05, 0) is 56.8 Å². The molecule has 1 aromatic heterocycles. The van der Waals surface area contributed by atoms with E-state index < -0.39 is 0 Å². The summed E-state index contributed by atoms with van der Waals surface area (Å²) in [7, 11) is 0. The molecule has 0 saturated heterocycles. The Morgan fingerprint density at radius 3 is 2.62 bits per heavy atom. The predicted octanol–water partition coefficient (Wildman–Crippen LogP) is 2.91. The third-order valence-electron chi connectivity index (χ3n) is 4.93. The van der Waals surface area contributed by atoms with E-state index in [1.165, 1.54) is 12.8 Å². The zero-order chi connectivity index (χ0) is 14.8. The number of carbonyl (C=O) groups excluding carboxylic acids is 1. The van der Waals surface area contributed by atoms with E-state index in [4.69, 9.17) is 0 Å². The van der Waals surface area contributed by atoms with Crippen molar-refractivity contribution in [3.8, 4) is 0 Å². The molecule has 2 aliphatic carbocycles. The first-order chi connectivity index (χ1) is 10.1. The van der Waals surface area contributed by atoms with E-state index in [2.05, 4.69) is 29.1 Å². The number of fused-ring (bicyclic) bond motifs is 1. The summed E-state index contributed by atoms with van der Waals surface area (Å²) in [6.07, 6.45) is 9.32. The first kappa shape index (κ1) is 14.5. The maximum Gasteiger partial charge on any atom is 0.271 e. The van der Waals surface area contributed by atoms with Gasteiger partial charge in [0.2, 0.25) is 0 Å². The fourth-order valence-electron chi connectivity index (χ4n) is 3.41. The normalized spacial score (nSPS) is 28.8. The van der Waals surface area contributed by atoms with Crippen LogP contribution in [0.5, 0.6) is 0 Å². The van der Waals surface area contributed by atoms with Crippen LogP contribution in [-0.2, 0) is 12.8 Å². The van der Waals surface area contributed by atoms with Crippen molar-refractivity contribution in [1.82, 2.24) is 15.3 Å². The minimum Gasteiger partial charge on any atom is -0.348 e. The van der Waals surface area contributed by atoms with E-state index >= 15 is 0 Å². The van der Waals surface area contributed by atoms with Gasteiger partial charge in [-0.1, -0.05) is 13.8 Å². The second-order valence-electron chi connectivity index (χ2n) is 6.93. The van der Waals surface area contributed by atoms with Gasteiger partial charge in [0.25, 0.3) is 5.91 Å². The molecule has 4 heteroatoms. The molecule has 0 radical (unpaired) electrons. The lowest BCUT2D eigenvalue weighted by Crippen LogP contribution is -2.38. The molecule has 0 bridgehead atoms. The first-order valence-electron chi connectivity index (χ1n) is 8.27. The zero-order valence-electron chi connectivity index (χ0n) is 13.1. The number of hydrogen-bond donors (Lipinski definition) is 1. The SMILES string of the molecule is CC1CCC(NC(=O)c2cnc3c(n2)CCC(C)C3)CC1. The van der Waals surface area contributed by atoms with Gasteiger partial charge in [-0.25, -0.2) is 4.98 Å². The Morgan fingerprint density at radius 1 is 1.10 bits per heavy atom. The molecule has 1 aromatic rings. The fraction of sp³-hybridized carbons (Fsp3) is 0.706. The van der Waals surface area contributed by atoms with Crippen molar-refractivity contribution < 1.29 is 4.79 Å². The Labute approximate surface area is 126 Å². The second kappa shape index (κ2) is 6.12. The molecule has 0 aliphatic heterocycles. The van der Waals surface area contributed by atoms with Crippen LogP contribution in [0.3, 0.4) is 0 Å². The molecular weight excluding hydrogens is 262 g/mol. The monoisotopic (exact) mass is 287 g/mol. The number of aromatic nitrogens is 2. The highest BCUT2D eigenvalue weighted by molar-refractivity contribution is 5.92. The molecule has 1 N–H and O–H groups in total. The number of amides is 1. The lowest BCUT2D eigenvalue weighted by atomic mass is 9.87. The van der Waals surface area contributed by atoms with Gasteiger partial charge in [0, 0.05) is 6.04 Å². The van der Waals surface area contributed by atoms with Crippen molar-refractivity contribution in [1.29, 1.82) is 0 Å². The summed E-state index contributed by atoms with van der Waals surface area (Å²) in [5, 5.41) is 3.13. The molecule has 1 fully saturated rings. The van der Waals surface area contributed by atoms with Crippen molar-refractivity contribution in [2.45, 2.75) is 64.8 Å². The van der Waals surface area contributed by atoms with Crippen LogP contribution in [0.4, 0.5) is 0 Å². The van der Waals surface area contributed by atoms with Crippen LogP contribution in [-0.4, -0.2) is 21.9 Å². The maximum atomic E-state index is 12.3. The number of hydrogen-bond acceptors (Lipinski definition) is 3. The summed E-state index contributed by atoms with van der Waals surface area (Å²) in [5.74, 6) is 1.42.